The van der Waals surface area contributed by atoms with Crippen LogP contribution in [0.1, 0.15) is 12.8 Å². The third kappa shape index (κ3) is 3.46. The van der Waals surface area contributed by atoms with Gasteiger partial charge in [-0.2, -0.15) is 0 Å². The Labute approximate surface area is 70.9 Å². The molecule has 0 atom stereocenters. The van der Waals surface area contributed by atoms with Crippen LogP contribution in [0.3, 0.4) is 0 Å². The van der Waals surface area contributed by atoms with Crippen molar-refractivity contribution in [1.29, 1.82) is 0 Å². The van der Waals surface area contributed by atoms with E-state index in [2.05, 4.69) is 10.5 Å². The van der Waals surface area contributed by atoms with Crippen molar-refractivity contribution < 1.29 is 4.84 Å². The molecule has 0 spiro atoms. The second kappa shape index (κ2) is 5.23. The van der Waals surface area contributed by atoms with Crippen molar-refractivity contribution in [2.24, 2.45) is 10.5 Å². The van der Waals surface area contributed by atoms with Crippen LogP contribution in [0.15, 0.2) is 10.5 Å². The van der Waals surface area contributed by atoms with Gasteiger partial charge in [-0.3, -0.25) is 5.01 Å². The average molecular weight is 175 g/mol. The number of hydrogen-bond acceptors (Lipinski definition) is 4. The van der Waals surface area contributed by atoms with E-state index in [9.17, 15) is 0 Å². The minimum Gasteiger partial charge on any atom is -0.367 e. The van der Waals surface area contributed by atoms with Gasteiger partial charge >= 0.3 is 0 Å². The van der Waals surface area contributed by atoms with Crippen molar-refractivity contribution in [3.05, 3.63) is 0 Å². The maximum absolute atomic E-state index is 4.82. The Morgan fingerprint density at radius 1 is 1.45 bits per heavy atom. The zero-order chi connectivity index (χ0) is 7.94. The van der Waals surface area contributed by atoms with Gasteiger partial charge in [-0.1, -0.05) is 0 Å². The van der Waals surface area contributed by atoms with Gasteiger partial charge in [-0.25, -0.2) is 0 Å². The highest BCUT2D eigenvalue weighted by Gasteiger charge is 2.07. The summed E-state index contributed by atoms with van der Waals surface area (Å²) in [6.45, 7) is 2.04. The van der Waals surface area contributed by atoms with E-state index in [0.717, 1.165) is 13.1 Å². The molecule has 5 heteroatoms. The van der Waals surface area contributed by atoms with Crippen molar-refractivity contribution >= 4 is 11.8 Å². The Kier molecular flexibility index (Phi) is 4.11. The van der Waals surface area contributed by atoms with Gasteiger partial charge in [0, 0.05) is 18.4 Å². The molecular weight excluding hydrogens is 162 g/mol. The van der Waals surface area contributed by atoms with Crippen molar-refractivity contribution in [1.82, 2.24) is 5.01 Å². The highest BCUT2D eigenvalue weighted by Crippen LogP contribution is 2.07. The molecule has 0 aromatic carbocycles. The van der Waals surface area contributed by atoms with E-state index in [0.29, 0.717) is 5.94 Å². The maximum atomic E-state index is 4.82. The van der Waals surface area contributed by atoms with E-state index in [4.69, 9.17) is 4.84 Å². The molecule has 0 saturated carbocycles. The van der Waals surface area contributed by atoms with Crippen LogP contribution in [-0.2, 0) is 4.84 Å². The third-order valence-corrected chi connectivity index (χ3v) is 1.81. The molecule has 11 heavy (non-hydrogen) atoms. The molecule has 0 unspecified atom stereocenters. The zero-order valence-corrected chi connectivity index (χ0v) is 7.51. The summed E-state index contributed by atoms with van der Waals surface area (Å²) in [6, 6.07) is 0. The number of rotatable bonds is 4. The standard InChI is InChI=1S/C6H13N3OS/c1-11-6-10-8-7-9-4-2-3-5-9/h2-6H2,1H3/b8-7+. The summed E-state index contributed by atoms with van der Waals surface area (Å²) < 4.78 is 0. The molecule has 0 aromatic rings. The van der Waals surface area contributed by atoms with Gasteiger partial charge in [-0.05, 0) is 24.3 Å². The Hall–Kier alpha value is -0.450. The molecule has 1 aliphatic heterocycles. The lowest BCUT2D eigenvalue weighted by Crippen LogP contribution is -2.09. The summed E-state index contributed by atoms with van der Waals surface area (Å²) in [4.78, 5) is 4.82. The van der Waals surface area contributed by atoms with Crippen molar-refractivity contribution in [3.8, 4) is 0 Å². The molecule has 1 heterocycles. The van der Waals surface area contributed by atoms with Crippen LogP contribution in [-0.4, -0.2) is 30.3 Å². The second-order valence-corrected chi connectivity index (χ2v) is 3.18. The highest BCUT2D eigenvalue weighted by molar-refractivity contribution is 7.98. The van der Waals surface area contributed by atoms with E-state index < -0.39 is 0 Å². The third-order valence-electron chi connectivity index (χ3n) is 1.47. The predicted octanol–water partition coefficient (Wildman–Crippen LogP) is 1.70. The second-order valence-electron chi connectivity index (χ2n) is 2.37. The van der Waals surface area contributed by atoms with Crippen molar-refractivity contribution in [3.63, 3.8) is 0 Å². The highest BCUT2D eigenvalue weighted by atomic mass is 32.2. The fraction of sp³-hybridized carbons (Fsp3) is 1.00. The summed E-state index contributed by atoms with van der Waals surface area (Å²) in [5.74, 6) is 0.581. The van der Waals surface area contributed by atoms with Gasteiger partial charge in [0.25, 0.3) is 0 Å². The smallest absolute Gasteiger partial charge is 0.164 e. The SMILES string of the molecule is CSCO/N=N/N1CCCC1. The minimum absolute atomic E-state index is 0.581. The largest absolute Gasteiger partial charge is 0.367 e. The van der Waals surface area contributed by atoms with Gasteiger partial charge < -0.3 is 4.84 Å². The number of hydrogen-bond donors (Lipinski definition) is 0. The van der Waals surface area contributed by atoms with Crippen LogP contribution in [0.5, 0.6) is 0 Å². The summed E-state index contributed by atoms with van der Waals surface area (Å²) in [5, 5.41) is 9.39. The first-order valence-corrected chi connectivity index (χ1v) is 5.09. The first-order chi connectivity index (χ1) is 5.43. The van der Waals surface area contributed by atoms with Gasteiger partial charge in [0.2, 0.25) is 0 Å². The minimum atomic E-state index is 0.581. The summed E-state index contributed by atoms with van der Waals surface area (Å²) in [7, 11) is 0. The topological polar surface area (TPSA) is 37.2 Å². The van der Waals surface area contributed by atoms with Crippen LogP contribution in [0.4, 0.5) is 0 Å². The van der Waals surface area contributed by atoms with Crippen LogP contribution >= 0.6 is 11.8 Å². The molecule has 1 saturated heterocycles. The van der Waals surface area contributed by atoms with E-state index >= 15 is 0 Å². The van der Waals surface area contributed by atoms with Gasteiger partial charge in [0.05, 0.1) is 0 Å². The summed E-state index contributed by atoms with van der Waals surface area (Å²) >= 11 is 1.59. The molecule has 0 aliphatic carbocycles. The number of thioether (sulfide) groups is 1. The molecule has 0 N–H and O–H groups in total. The lowest BCUT2D eigenvalue weighted by molar-refractivity contribution is 0.137. The van der Waals surface area contributed by atoms with Gasteiger partial charge in [0.1, 0.15) is 0 Å². The fourth-order valence-electron chi connectivity index (χ4n) is 0.944. The zero-order valence-electron chi connectivity index (χ0n) is 6.69. The maximum Gasteiger partial charge on any atom is 0.164 e. The average Bonchev–Trinajstić information content (AvgIpc) is 2.50. The molecule has 0 amide bonds. The van der Waals surface area contributed by atoms with E-state index in [1.807, 2.05) is 11.3 Å². The first kappa shape index (κ1) is 8.64. The van der Waals surface area contributed by atoms with Crippen LogP contribution in [0.25, 0.3) is 0 Å². The lowest BCUT2D eigenvalue weighted by Gasteiger charge is -2.05. The van der Waals surface area contributed by atoms with Crippen LogP contribution in [0, 0.1) is 0 Å². The Morgan fingerprint density at radius 2 is 2.18 bits per heavy atom. The molecule has 0 bridgehead atoms. The van der Waals surface area contributed by atoms with E-state index in [1.165, 1.54) is 12.8 Å². The Balaban J connectivity index is 2.03. The molecule has 0 aromatic heterocycles. The van der Waals surface area contributed by atoms with Crippen molar-refractivity contribution in [2.75, 3.05) is 25.3 Å². The molecule has 1 fully saturated rings. The first-order valence-electron chi connectivity index (χ1n) is 3.70. The van der Waals surface area contributed by atoms with Crippen LogP contribution in [0.2, 0.25) is 0 Å². The van der Waals surface area contributed by atoms with E-state index in [-0.39, 0.29) is 0 Å². The van der Waals surface area contributed by atoms with Crippen molar-refractivity contribution in [2.45, 2.75) is 12.8 Å². The molecular formula is C6H13N3OS. The van der Waals surface area contributed by atoms with E-state index in [1.54, 1.807) is 11.8 Å². The number of nitrogens with zero attached hydrogens (tertiary/aromatic N) is 3. The lowest BCUT2D eigenvalue weighted by atomic mass is 10.4. The fourth-order valence-corrected chi connectivity index (χ4v) is 1.10. The molecule has 1 rings (SSSR count). The molecule has 64 valence electrons. The monoisotopic (exact) mass is 175 g/mol. The van der Waals surface area contributed by atoms with Gasteiger partial charge in [0.15, 0.2) is 5.94 Å². The Bertz CT molecular complexity index is 125. The summed E-state index contributed by atoms with van der Waals surface area (Å²) in [5.41, 5.74) is 0. The predicted molar refractivity (Wildman–Crippen MR) is 45.1 cm³/mol. The summed E-state index contributed by atoms with van der Waals surface area (Å²) in [6.07, 6.45) is 4.41. The van der Waals surface area contributed by atoms with Gasteiger partial charge in [-0.15, -0.1) is 11.8 Å². The van der Waals surface area contributed by atoms with Crippen LogP contribution < -0.4 is 0 Å². The Morgan fingerprint density at radius 3 is 2.82 bits per heavy atom. The normalized spacial score (nSPS) is 18.1. The quantitative estimate of drug-likeness (QED) is 0.282. The molecule has 1 aliphatic rings. The molecule has 4 nitrogen and oxygen atoms in total. The molecule has 0 radical (unpaired) electrons.